The number of allylic oxidation sites excluding steroid dienone is 1. The number of hydrogen-bond acceptors (Lipinski definition) is 7. The fourth-order valence-corrected chi connectivity index (χ4v) is 2.57. The number of aliphatic imine (C=N–C) groups is 1. The predicted molar refractivity (Wildman–Crippen MR) is 105 cm³/mol. The molecule has 3 aromatic rings. The SMILES string of the molecule is C=Nc1cc(-c2ccc3ncc(/C(C=N)=C/N)nc3c2)ccc1OCN. The Labute approximate surface area is 150 Å². The van der Waals surface area contributed by atoms with E-state index in [9.17, 15) is 0 Å². The number of fused-ring (bicyclic) bond motifs is 1. The molecule has 0 aliphatic heterocycles. The van der Waals surface area contributed by atoms with Crippen LogP contribution in [0.1, 0.15) is 5.69 Å². The van der Waals surface area contributed by atoms with Gasteiger partial charge in [-0.1, -0.05) is 12.1 Å². The van der Waals surface area contributed by atoms with Gasteiger partial charge in [0.1, 0.15) is 18.2 Å². The van der Waals surface area contributed by atoms with Gasteiger partial charge in [-0.05, 0) is 42.1 Å². The van der Waals surface area contributed by atoms with Gasteiger partial charge in [0.25, 0.3) is 0 Å². The van der Waals surface area contributed by atoms with E-state index in [0.717, 1.165) is 22.9 Å². The topological polar surface area (TPSA) is 123 Å². The summed E-state index contributed by atoms with van der Waals surface area (Å²) in [5, 5.41) is 7.40. The van der Waals surface area contributed by atoms with Crippen LogP contribution in [0, 0.1) is 5.41 Å². The zero-order chi connectivity index (χ0) is 18.5. The molecule has 0 fully saturated rings. The van der Waals surface area contributed by atoms with Crippen LogP contribution in [0.5, 0.6) is 5.75 Å². The minimum atomic E-state index is 0.0697. The highest BCUT2D eigenvalue weighted by Crippen LogP contribution is 2.33. The van der Waals surface area contributed by atoms with Crippen molar-refractivity contribution in [2.45, 2.75) is 0 Å². The lowest BCUT2D eigenvalue weighted by molar-refractivity contribution is 0.331. The first-order valence-corrected chi connectivity index (χ1v) is 7.83. The number of nitrogens with one attached hydrogen (secondary N) is 1. The van der Waals surface area contributed by atoms with Crippen LogP contribution in [0.4, 0.5) is 5.69 Å². The lowest BCUT2D eigenvalue weighted by atomic mass is 10.0. The van der Waals surface area contributed by atoms with E-state index in [4.69, 9.17) is 21.6 Å². The maximum absolute atomic E-state index is 7.40. The number of hydrogen-bond donors (Lipinski definition) is 3. The van der Waals surface area contributed by atoms with Crippen LogP contribution in [0.15, 0.2) is 53.8 Å². The van der Waals surface area contributed by atoms with Crippen molar-refractivity contribution in [3.8, 4) is 16.9 Å². The largest absolute Gasteiger partial charge is 0.476 e. The first kappa shape index (κ1) is 17.2. The number of nitrogens with zero attached hydrogens (tertiary/aromatic N) is 3. The zero-order valence-electron chi connectivity index (χ0n) is 14.0. The molecule has 7 nitrogen and oxygen atoms in total. The van der Waals surface area contributed by atoms with Gasteiger partial charge in [-0.3, -0.25) is 15.7 Å². The van der Waals surface area contributed by atoms with E-state index in [1.54, 1.807) is 6.20 Å². The second-order valence-corrected chi connectivity index (χ2v) is 5.38. The third kappa shape index (κ3) is 3.28. The third-order valence-corrected chi connectivity index (χ3v) is 3.87. The Morgan fingerprint density at radius 3 is 2.65 bits per heavy atom. The highest BCUT2D eigenvalue weighted by molar-refractivity contribution is 6.07. The quantitative estimate of drug-likeness (QED) is 0.468. The number of benzene rings is 2. The molecule has 0 saturated heterocycles. The molecule has 0 aliphatic carbocycles. The van der Waals surface area contributed by atoms with E-state index in [1.807, 2.05) is 36.4 Å². The molecule has 130 valence electrons. The van der Waals surface area contributed by atoms with Gasteiger partial charge in [0.05, 0.1) is 22.9 Å². The molecule has 0 radical (unpaired) electrons. The summed E-state index contributed by atoms with van der Waals surface area (Å²) in [6.45, 7) is 3.65. The Morgan fingerprint density at radius 1 is 1.19 bits per heavy atom. The summed E-state index contributed by atoms with van der Waals surface area (Å²) in [6, 6.07) is 11.4. The molecular formula is C19H18N6O. The Balaban J connectivity index is 2.08. The van der Waals surface area contributed by atoms with Gasteiger partial charge < -0.3 is 15.9 Å². The first-order chi connectivity index (χ1) is 12.7. The summed E-state index contributed by atoms with van der Waals surface area (Å²) in [5.41, 5.74) is 16.0. The molecule has 3 rings (SSSR count). The van der Waals surface area contributed by atoms with E-state index in [0.29, 0.717) is 28.2 Å². The van der Waals surface area contributed by atoms with Crippen molar-refractivity contribution in [1.82, 2.24) is 9.97 Å². The molecule has 7 heteroatoms. The Morgan fingerprint density at radius 2 is 1.96 bits per heavy atom. The lowest BCUT2D eigenvalue weighted by Gasteiger charge is -2.09. The van der Waals surface area contributed by atoms with Gasteiger partial charge in [0.15, 0.2) is 0 Å². The van der Waals surface area contributed by atoms with E-state index in [-0.39, 0.29) is 6.73 Å². The number of ether oxygens (including phenoxy) is 1. The molecular weight excluding hydrogens is 328 g/mol. The van der Waals surface area contributed by atoms with Crippen LogP contribution in [-0.4, -0.2) is 29.6 Å². The van der Waals surface area contributed by atoms with Gasteiger partial charge in [0.2, 0.25) is 0 Å². The van der Waals surface area contributed by atoms with Crippen molar-refractivity contribution in [3.05, 3.63) is 54.5 Å². The number of nitrogens with two attached hydrogens (primary N) is 2. The number of rotatable bonds is 6. The van der Waals surface area contributed by atoms with E-state index in [1.165, 1.54) is 6.20 Å². The fourth-order valence-electron chi connectivity index (χ4n) is 2.57. The zero-order valence-corrected chi connectivity index (χ0v) is 14.0. The van der Waals surface area contributed by atoms with Crippen molar-refractivity contribution in [2.24, 2.45) is 16.5 Å². The highest BCUT2D eigenvalue weighted by Gasteiger charge is 2.08. The van der Waals surface area contributed by atoms with Gasteiger partial charge >= 0.3 is 0 Å². The van der Waals surface area contributed by atoms with Crippen LogP contribution >= 0.6 is 0 Å². The third-order valence-electron chi connectivity index (χ3n) is 3.87. The molecule has 5 N–H and O–H groups in total. The molecule has 2 aromatic carbocycles. The van der Waals surface area contributed by atoms with E-state index >= 15 is 0 Å². The Kier molecular flexibility index (Phi) is 5.00. The van der Waals surface area contributed by atoms with Crippen LogP contribution < -0.4 is 16.2 Å². The monoisotopic (exact) mass is 346 g/mol. The van der Waals surface area contributed by atoms with Crippen LogP contribution in [0.25, 0.3) is 27.7 Å². The molecule has 26 heavy (non-hydrogen) atoms. The van der Waals surface area contributed by atoms with Crippen molar-refractivity contribution < 1.29 is 4.74 Å². The van der Waals surface area contributed by atoms with Gasteiger partial charge in [-0.2, -0.15) is 0 Å². The second kappa shape index (κ2) is 7.54. The average Bonchev–Trinajstić information content (AvgIpc) is 2.69. The van der Waals surface area contributed by atoms with Gasteiger partial charge in [-0.25, -0.2) is 4.98 Å². The average molecular weight is 346 g/mol. The normalized spacial score (nSPS) is 11.3. The molecule has 0 amide bonds. The minimum Gasteiger partial charge on any atom is -0.476 e. The summed E-state index contributed by atoms with van der Waals surface area (Å²) in [4.78, 5) is 12.9. The van der Waals surface area contributed by atoms with Crippen molar-refractivity contribution in [3.63, 3.8) is 0 Å². The van der Waals surface area contributed by atoms with E-state index < -0.39 is 0 Å². The van der Waals surface area contributed by atoms with Crippen LogP contribution in [0.3, 0.4) is 0 Å². The first-order valence-electron chi connectivity index (χ1n) is 7.83. The summed E-state index contributed by atoms with van der Waals surface area (Å²) in [6.07, 6.45) is 4.09. The standard InChI is InChI=1S/C19H18N6O/c1-23-17-7-13(3-5-19(17)26-11-22)12-2-4-15-16(6-12)25-18(10-24-15)14(8-20)9-21/h2-10,20H,1,11,21-22H2/b14-9+,20-8?. The highest BCUT2D eigenvalue weighted by atomic mass is 16.5. The van der Waals surface area contributed by atoms with E-state index in [2.05, 4.69) is 21.7 Å². The molecule has 1 heterocycles. The van der Waals surface area contributed by atoms with Crippen molar-refractivity contribution >= 4 is 35.2 Å². The molecule has 1 aromatic heterocycles. The molecule has 0 saturated carbocycles. The predicted octanol–water partition coefficient (Wildman–Crippen LogP) is 2.87. The smallest absolute Gasteiger partial charge is 0.146 e. The van der Waals surface area contributed by atoms with Crippen LogP contribution in [0.2, 0.25) is 0 Å². The summed E-state index contributed by atoms with van der Waals surface area (Å²) >= 11 is 0. The lowest BCUT2D eigenvalue weighted by Crippen LogP contribution is -2.07. The van der Waals surface area contributed by atoms with Crippen molar-refractivity contribution in [2.75, 3.05) is 6.73 Å². The summed E-state index contributed by atoms with van der Waals surface area (Å²) in [5.74, 6) is 0.581. The van der Waals surface area contributed by atoms with Crippen LogP contribution in [-0.2, 0) is 0 Å². The molecule has 0 spiro atoms. The van der Waals surface area contributed by atoms with Gasteiger partial charge in [-0.15, -0.1) is 0 Å². The van der Waals surface area contributed by atoms with Crippen molar-refractivity contribution in [1.29, 1.82) is 5.41 Å². The summed E-state index contributed by atoms with van der Waals surface area (Å²) < 4.78 is 5.34. The molecule has 0 bridgehead atoms. The molecule has 0 aliphatic rings. The minimum absolute atomic E-state index is 0.0697. The van der Waals surface area contributed by atoms with Gasteiger partial charge in [0, 0.05) is 18.0 Å². The fraction of sp³-hybridized carbons (Fsp3) is 0.0526. The maximum atomic E-state index is 7.40. The molecule has 0 unspecified atom stereocenters. The number of aromatic nitrogens is 2. The summed E-state index contributed by atoms with van der Waals surface area (Å²) in [7, 11) is 0. The second-order valence-electron chi connectivity index (χ2n) is 5.38. The Hall–Kier alpha value is -3.58. The Bertz CT molecular complexity index is 1010. The molecule has 0 atom stereocenters. The maximum Gasteiger partial charge on any atom is 0.146 e.